The Morgan fingerprint density at radius 2 is 1.59 bits per heavy atom. The van der Waals surface area contributed by atoms with Crippen LogP contribution in [0.5, 0.6) is 11.5 Å². The number of carbonyl (C=O) groups excluding carboxylic acids is 7. The number of likely N-dealkylation sites (N-methyl/N-ethyl adjacent to an activating group) is 3. The molecule has 23 nitrogen and oxygen atoms in total. The molecule has 4 atom stereocenters. The molecule has 1 aromatic carbocycles. The number of primary amides is 1. The van der Waals surface area contributed by atoms with Gasteiger partial charge in [-0.3, -0.25) is 28.9 Å². The molecule has 0 aliphatic carbocycles. The van der Waals surface area contributed by atoms with Crippen molar-refractivity contribution < 1.29 is 57.2 Å². The fourth-order valence-corrected chi connectivity index (χ4v) is 9.26. The lowest BCUT2D eigenvalue weighted by Gasteiger charge is -2.35. The third-order valence-corrected chi connectivity index (χ3v) is 13.3. The number of nitrogens with one attached hydrogen (secondary N) is 3. The fraction of sp³-hybridized carbons (Fsp3) is 0.580. The molecule has 73 heavy (non-hydrogen) atoms. The molecular weight excluding hydrogens is 949 g/mol. The number of amides is 5. The van der Waals surface area contributed by atoms with Crippen LogP contribution in [-0.2, 0) is 61.7 Å². The predicted molar refractivity (Wildman–Crippen MR) is 264 cm³/mol. The van der Waals surface area contributed by atoms with Crippen molar-refractivity contribution in [2.75, 3.05) is 80.3 Å². The number of hydrogen-bond donors (Lipinski definition) is 4. The van der Waals surface area contributed by atoms with Crippen molar-refractivity contribution in [1.29, 1.82) is 0 Å². The van der Waals surface area contributed by atoms with Gasteiger partial charge in [-0.05, 0) is 85.8 Å². The third-order valence-electron chi connectivity index (χ3n) is 13.3. The van der Waals surface area contributed by atoms with Gasteiger partial charge in [0.1, 0.15) is 30.3 Å². The van der Waals surface area contributed by atoms with Crippen LogP contribution >= 0.6 is 0 Å². The quantitative estimate of drug-likeness (QED) is 0.0703. The van der Waals surface area contributed by atoms with Crippen LogP contribution in [0.25, 0.3) is 22.3 Å². The zero-order valence-electron chi connectivity index (χ0n) is 43.1. The Kier molecular flexibility index (Phi) is 16.3. The molecule has 0 bridgehead atoms. The van der Waals surface area contributed by atoms with Crippen LogP contribution < -0.4 is 36.7 Å². The number of carbonyl (C=O) groups is 7. The smallest absolute Gasteiger partial charge is 0.407 e. The number of aromatic nitrogens is 2. The first-order valence-electron chi connectivity index (χ1n) is 24.5. The highest BCUT2D eigenvalue weighted by molar-refractivity contribution is 5.97. The van der Waals surface area contributed by atoms with Crippen molar-refractivity contribution in [3.63, 3.8) is 0 Å². The summed E-state index contributed by atoms with van der Waals surface area (Å²) >= 11 is 0. The molecule has 5 amide bonds. The van der Waals surface area contributed by atoms with Crippen LogP contribution in [0.4, 0.5) is 4.79 Å². The van der Waals surface area contributed by atoms with E-state index in [2.05, 4.69) is 25.8 Å². The molecule has 1 fully saturated rings. The molecule has 23 heteroatoms. The molecule has 396 valence electrons. The number of rotatable bonds is 20. The van der Waals surface area contributed by atoms with Crippen LogP contribution in [0.15, 0.2) is 29.1 Å². The number of alkyl carbamates (subject to hydrolysis) is 1. The Bertz CT molecular complexity index is 2720. The molecule has 3 aromatic rings. The topological polar surface area (TPSA) is 276 Å². The number of esters is 2. The van der Waals surface area contributed by atoms with E-state index in [1.807, 2.05) is 26.2 Å². The molecular formula is C50H68N10O13. The van der Waals surface area contributed by atoms with Gasteiger partial charge < -0.3 is 64.6 Å². The summed E-state index contributed by atoms with van der Waals surface area (Å²) in [5.41, 5.74) is 4.94. The maximum absolute atomic E-state index is 14.2. The lowest BCUT2D eigenvalue weighted by Crippen LogP contribution is -2.58. The first-order valence-corrected chi connectivity index (χ1v) is 24.5. The first kappa shape index (κ1) is 53.9. The second-order valence-corrected chi connectivity index (χ2v) is 20.7. The Hall–Kier alpha value is -6.85. The normalized spacial score (nSPS) is 18.6. The number of ether oxygens (including phenoxy) is 5. The van der Waals surface area contributed by atoms with E-state index in [0.717, 1.165) is 24.0 Å². The van der Waals surface area contributed by atoms with Gasteiger partial charge >= 0.3 is 18.0 Å². The molecule has 0 saturated carbocycles. The third kappa shape index (κ3) is 12.5. The summed E-state index contributed by atoms with van der Waals surface area (Å²) in [6.07, 6.45) is -0.363. The summed E-state index contributed by atoms with van der Waals surface area (Å²) in [4.78, 5) is 120. The minimum Gasteiger partial charge on any atom is -0.457 e. The number of likely N-dealkylation sites (tertiary alicyclic amines) is 1. The molecule has 6 heterocycles. The largest absolute Gasteiger partial charge is 0.457 e. The molecule has 0 spiro atoms. The van der Waals surface area contributed by atoms with Gasteiger partial charge in [-0.25, -0.2) is 19.4 Å². The van der Waals surface area contributed by atoms with E-state index in [4.69, 9.17) is 34.4 Å². The van der Waals surface area contributed by atoms with E-state index >= 15 is 0 Å². The number of hydrogen-bond acceptors (Lipinski definition) is 17. The van der Waals surface area contributed by atoms with Gasteiger partial charge in [0.15, 0.2) is 11.5 Å². The minimum atomic E-state index is -2.11. The second kappa shape index (κ2) is 22.1. The highest BCUT2D eigenvalue weighted by Gasteiger charge is 2.50. The summed E-state index contributed by atoms with van der Waals surface area (Å²) in [7, 11) is 5.65. The Balaban J connectivity index is 0.954. The van der Waals surface area contributed by atoms with Crippen molar-refractivity contribution in [3.05, 3.63) is 51.3 Å². The van der Waals surface area contributed by atoms with Crippen molar-refractivity contribution in [3.8, 4) is 22.9 Å². The zero-order chi connectivity index (χ0) is 53.1. The molecule has 4 aliphatic rings. The van der Waals surface area contributed by atoms with E-state index in [0.29, 0.717) is 61.0 Å². The molecule has 5 N–H and O–H groups in total. The molecule has 0 unspecified atom stereocenters. The molecule has 4 aliphatic heterocycles. The fourth-order valence-electron chi connectivity index (χ4n) is 9.26. The number of pyridine rings is 2. The van der Waals surface area contributed by atoms with E-state index in [9.17, 15) is 38.4 Å². The summed E-state index contributed by atoms with van der Waals surface area (Å²) in [5, 5.41) is 8.90. The van der Waals surface area contributed by atoms with E-state index in [1.54, 1.807) is 58.7 Å². The van der Waals surface area contributed by atoms with Gasteiger partial charge in [-0.2, -0.15) is 0 Å². The van der Waals surface area contributed by atoms with Crippen LogP contribution in [0.3, 0.4) is 0 Å². The molecule has 7 rings (SSSR count). The Morgan fingerprint density at radius 3 is 2.26 bits per heavy atom. The summed E-state index contributed by atoms with van der Waals surface area (Å²) in [5.74, 6) is -4.12. The van der Waals surface area contributed by atoms with Gasteiger partial charge in [0.25, 0.3) is 5.56 Å². The lowest BCUT2D eigenvalue weighted by molar-refractivity contribution is -0.188. The van der Waals surface area contributed by atoms with Crippen molar-refractivity contribution in [1.82, 2.24) is 45.1 Å². The number of cyclic esters (lactones) is 1. The van der Waals surface area contributed by atoms with Crippen LogP contribution in [0, 0.1) is 5.92 Å². The van der Waals surface area contributed by atoms with Gasteiger partial charge in [0, 0.05) is 68.4 Å². The van der Waals surface area contributed by atoms with Crippen LogP contribution in [0.2, 0.25) is 0 Å². The van der Waals surface area contributed by atoms with Crippen LogP contribution in [-0.4, -0.2) is 175 Å². The molecule has 1 saturated heterocycles. The number of benzene rings is 1. The Labute approximate surface area is 423 Å². The highest BCUT2D eigenvalue weighted by Crippen LogP contribution is 2.41. The van der Waals surface area contributed by atoms with E-state index in [1.165, 1.54) is 16.4 Å². The first-order chi connectivity index (χ1) is 34.4. The second-order valence-electron chi connectivity index (χ2n) is 20.7. The van der Waals surface area contributed by atoms with Crippen molar-refractivity contribution in [2.24, 2.45) is 11.7 Å². The number of fused-ring (bicyclic) bond motifs is 6. The van der Waals surface area contributed by atoms with E-state index in [-0.39, 0.29) is 50.6 Å². The van der Waals surface area contributed by atoms with Gasteiger partial charge in [-0.15, -0.1) is 0 Å². The average Bonchev–Trinajstić information content (AvgIpc) is 4.07. The highest BCUT2D eigenvalue weighted by atomic mass is 16.7. The number of nitrogens with zero attached hydrogens (tertiary/aromatic N) is 6. The summed E-state index contributed by atoms with van der Waals surface area (Å²) in [6.45, 7) is 13.7. The monoisotopic (exact) mass is 1020 g/mol. The summed E-state index contributed by atoms with van der Waals surface area (Å²) in [6, 6.07) is 3.32. The van der Waals surface area contributed by atoms with Gasteiger partial charge in [0.2, 0.25) is 36.0 Å². The maximum Gasteiger partial charge on any atom is 0.407 e. The molecule has 0 radical (unpaired) electrons. The standard InChI is InChI=1S/C50H68N10O13/c1-28(2)41(46(66)72-50(6)32-21-36-42-30(24-60(36)44(64)31(32)26-69-47(50)67)19-29-20-37-38(71-27-70-37)22-33(29)54-42)55-43(63)35-11-10-13-59(35)45(65)34(23-39(51)61)53-40(62)25-58(9)18-17-57(8)16-15-56(7)14-12-52-48(68)73-49(3,4)5/h19-22,28,34-35,41H,10-18,23-27H2,1-9H3,(H2,51,61)(H,52,68)(H,53,62)(H,55,63)/t34-,35-,41-,50-/m0/s1. The van der Waals surface area contributed by atoms with Crippen molar-refractivity contribution in [2.45, 2.75) is 103 Å². The zero-order valence-corrected chi connectivity index (χ0v) is 43.1. The SMILES string of the molecule is CC(C)[C@H](NC(=O)[C@@H]1CCCN1C(=O)[C@H](CC(N)=O)NC(=O)CN(C)CCN(C)CCN(C)CCNC(=O)OC(C)(C)C)C(=O)O[C@]1(C)C(=O)OCc2c1cc1n(c2=O)Cc2cc3cc4c(cc3nc2-1)OCO4. The molecule has 2 aromatic heterocycles. The van der Waals surface area contributed by atoms with Gasteiger partial charge in [-0.1, -0.05) is 13.8 Å². The Morgan fingerprint density at radius 1 is 0.918 bits per heavy atom. The van der Waals surface area contributed by atoms with E-state index < -0.39 is 88.9 Å². The van der Waals surface area contributed by atoms with Crippen molar-refractivity contribution >= 4 is 52.6 Å². The average molecular weight is 1020 g/mol. The number of nitrogens with two attached hydrogens (primary N) is 1. The van der Waals surface area contributed by atoms with Crippen LogP contribution in [0.1, 0.15) is 77.5 Å². The maximum atomic E-state index is 14.2. The van der Waals surface area contributed by atoms with Gasteiger partial charge in [0.05, 0.1) is 42.0 Å². The minimum absolute atomic E-state index is 0.0879. The lowest BCUT2D eigenvalue weighted by atomic mass is 9.89. The predicted octanol–water partition coefficient (Wildman–Crippen LogP) is 0.781. The summed E-state index contributed by atoms with van der Waals surface area (Å²) < 4.78 is 29.4.